The van der Waals surface area contributed by atoms with Gasteiger partial charge in [0.1, 0.15) is 29.3 Å². The van der Waals surface area contributed by atoms with Crippen LogP contribution in [0.3, 0.4) is 0 Å². The molecule has 0 N–H and O–H groups in total. The minimum atomic E-state index is -6.15. The number of allylic oxidation sites excluding steroid dienone is 6. The maximum Gasteiger partial charge on any atom is 0.422 e. The SMILES string of the molecule is N#CC(=C1C(=C(C#N)c2c(F)c(F)c(C(F)(F)F)c(F)c2F)C1=C(C#N)c1c(F)c(F)c(C(F)(F)F)c(F)c1F)c1ccc(C#N)c(C(F)(F)F)c1. The Labute approximate surface area is 276 Å². The van der Waals surface area contributed by atoms with E-state index in [0.29, 0.717) is 12.1 Å². The standard InChI is InChI=1S/C31H3F17N4/c32-21-17(22(33)26(37)19(25(21)36)30(43,44)45)11(6-51)15-14(10(5-50)8-1-2-9(4-49)13(3-8)29(40,41)42)16(15)12(7-52)18-23(34)27(38)20(31(46,47)48)28(39)24(18)35/h1-3H. The van der Waals surface area contributed by atoms with Crippen LogP contribution in [-0.2, 0) is 18.5 Å². The summed E-state index contributed by atoms with van der Waals surface area (Å²) in [7, 11) is 0. The fraction of sp³-hybridized carbons (Fsp3) is 0.0968. The first-order valence-electron chi connectivity index (χ1n) is 12.8. The highest BCUT2D eigenvalue weighted by Crippen LogP contribution is 2.57. The lowest BCUT2D eigenvalue weighted by atomic mass is 9.97. The maximum atomic E-state index is 15.1. The molecule has 4 rings (SSSR count). The minimum Gasteiger partial charge on any atom is -0.203 e. The predicted octanol–water partition coefficient (Wildman–Crippen LogP) is 9.97. The summed E-state index contributed by atoms with van der Waals surface area (Å²) < 4.78 is 239. The summed E-state index contributed by atoms with van der Waals surface area (Å²) in [4.78, 5) is 0. The van der Waals surface area contributed by atoms with Gasteiger partial charge in [-0.15, -0.1) is 0 Å². The number of hydrogen-bond acceptors (Lipinski definition) is 4. The van der Waals surface area contributed by atoms with E-state index in [9.17, 15) is 72.9 Å². The first kappa shape index (κ1) is 38.5. The van der Waals surface area contributed by atoms with Crippen LogP contribution in [0.1, 0.15) is 38.9 Å². The second kappa shape index (κ2) is 12.8. The molecule has 1 saturated carbocycles. The smallest absolute Gasteiger partial charge is 0.203 e. The molecule has 0 spiro atoms. The zero-order chi connectivity index (χ0) is 39.6. The topological polar surface area (TPSA) is 95.2 Å². The van der Waals surface area contributed by atoms with Crippen molar-refractivity contribution in [2.24, 2.45) is 0 Å². The molecule has 21 heteroatoms. The summed E-state index contributed by atoms with van der Waals surface area (Å²) in [6, 6.07) is 4.88. The quantitative estimate of drug-likeness (QED) is 0.151. The van der Waals surface area contributed by atoms with Crippen LogP contribution in [-0.4, -0.2) is 0 Å². The fourth-order valence-electron chi connectivity index (χ4n) is 4.91. The molecular weight excluding hydrogens is 751 g/mol. The summed E-state index contributed by atoms with van der Waals surface area (Å²) in [6.45, 7) is 0. The number of hydrogen-bond donors (Lipinski definition) is 0. The zero-order valence-electron chi connectivity index (χ0n) is 23.9. The van der Waals surface area contributed by atoms with Crippen molar-refractivity contribution in [2.45, 2.75) is 18.5 Å². The molecule has 0 unspecified atom stereocenters. The lowest BCUT2D eigenvalue weighted by Crippen LogP contribution is -2.17. The van der Waals surface area contributed by atoms with Crippen LogP contribution in [0.5, 0.6) is 0 Å². The average Bonchev–Trinajstić information content (AvgIpc) is 3.75. The van der Waals surface area contributed by atoms with Gasteiger partial charge in [0.15, 0.2) is 46.5 Å². The number of alkyl halides is 9. The number of nitrogens with zero attached hydrogens (tertiary/aromatic N) is 4. The Morgan fingerprint density at radius 2 is 0.769 bits per heavy atom. The minimum absolute atomic E-state index is 0.0209. The summed E-state index contributed by atoms with van der Waals surface area (Å²) in [5.74, 6) is -24.9. The van der Waals surface area contributed by atoms with Crippen molar-refractivity contribution in [1.29, 1.82) is 21.0 Å². The highest BCUT2D eigenvalue weighted by molar-refractivity contribution is 6.12. The Balaban J connectivity index is 2.32. The van der Waals surface area contributed by atoms with Crippen molar-refractivity contribution in [2.75, 3.05) is 0 Å². The molecule has 0 aromatic heterocycles. The number of benzene rings is 3. The molecule has 3 aromatic rings. The summed E-state index contributed by atoms with van der Waals surface area (Å²) in [5.41, 5.74) is -24.7. The second-order valence-corrected chi connectivity index (χ2v) is 9.96. The van der Waals surface area contributed by atoms with E-state index in [1.54, 1.807) is 0 Å². The van der Waals surface area contributed by atoms with Crippen molar-refractivity contribution in [3.63, 3.8) is 0 Å². The summed E-state index contributed by atoms with van der Waals surface area (Å²) in [6.07, 6.45) is -17.7. The van der Waals surface area contributed by atoms with Crippen LogP contribution in [0.4, 0.5) is 74.6 Å². The maximum absolute atomic E-state index is 15.1. The highest BCUT2D eigenvalue weighted by Gasteiger charge is 2.49. The van der Waals surface area contributed by atoms with Crippen molar-refractivity contribution in [3.05, 3.63) is 120 Å². The van der Waals surface area contributed by atoms with Crippen LogP contribution < -0.4 is 0 Å². The lowest BCUT2D eigenvalue weighted by molar-refractivity contribution is -0.144. The van der Waals surface area contributed by atoms with Crippen LogP contribution >= 0.6 is 0 Å². The van der Waals surface area contributed by atoms with E-state index in [4.69, 9.17) is 5.26 Å². The molecular formula is C31H3F17N4. The van der Waals surface area contributed by atoms with Crippen LogP contribution in [0, 0.1) is 91.9 Å². The Morgan fingerprint density at radius 3 is 1.04 bits per heavy atom. The lowest BCUT2D eigenvalue weighted by Gasteiger charge is -2.14. The van der Waals surface area contributed by atoms with Crippen molar-refractivity contribution >= 4 is 16.7 Å². The van der Waals surface area contributed by atoms with Crippen LogP contribution in [0.25, 0.3) is 16.7 Å². The predicted molar refractivity (Wildman–Crippen MR) is 136 cm³/mol. The molecule has 1 aliphatic carbocycles. The Morgan fingerprint density at radius 1 is 0.442 bits per heavy atom. The summed E-state index contributed by atoms with van der Waals surface area (Å²) in [5, 5.41) is 38.5. The van der Waals surface area contributed by atoms with Crippen LogP contribution in [0.2, 0.25) is 0 Å². The molecule has 52 heavy (non-hydrogen) atoms. The molecule has 0 bridgehead atoms. The third kappa shape index (κ3) is 6.04. The van der Waals surface area contributed by atoms with Gasteiger partial charge in [0, 0.05) is 16.7 Å². The van der Waals surface area contributed by atoms with Crippen LogP contribution in [0.15, 0.2) is 34.9 Å². The molecule has 0 atom stereocenters. The highest BCUT2D eigenvalue weighted by atomic mass is 19.4. The van der Waals surface area contributed by atoms with Gasteiger partial charge in [0.05, 0.1) is 45.0 Å². The molecule has 0 amide bonds. The van der Waals surface area contributed by atoms with E-state index in [-0.39, 0.29) is 6.07 Å². The molecule has 1 aliphatic rings. The Hall–Kier alpha value is -6.35. The second-order valence-electron chi connectivity index (χ2n) is 9.96. The molecule has 0 saturated heterocycles. The summed E-state index contributed by atoms with van der Waals surface area (Å²) >= 11 is 0. The number of halogens is 17. The van der Waals surface area contributed by atoms with Gasteiger partial charge in [-0.2, -0.15) is 60.6 Å². The number of nitriles is 4. The molecule has 0 radical (unpaired) electrons. The monoisotopic (exact) mass is 754 g/mol. The molecule has 4 nitrogen and oxygen atoms in total. The normalized spacial score (nSPS) is 15.0. The van der Waals surface area contributed by atoms with Gasteiger partial charge >= 0.3 is 18.5 Å². The van der Waals surface area contributed by atoms with Crippen molar-refractivity contribution < 1.29 is 74.6 Å². The molecule has 1 fully saturated rings. The van der Waals surface area contributed by atoms with Gasteiger partial charge in [-0.3, -0.25) is 0 Å². The van der Waals surface area contributed by atoms with E-state index < -0.39 is 137 Å². The first-order valence-corrected chi connectivity index (χ1v) is 12.8. The van der Waals surface area contributed by atoms with Gasteiger partial charge in [-0.05, 0) is 17.7 Å². The van der Waals surface area contributed by atoms with E-state index >= 15 is 17.6 Å². The van der Waals surface area contributed by atoms with Gasteiger partial charge < -0.3 is 0 Å². The molecule has 0 heterocycles. The van der Waals surface area contributed by atoms with Gasteiger partial charge in [0.25, 0.3) is 0 Å². The Bertz CT molecular complexity index is 2210. The number of rotatable bonds is 3. The third-order valence-corrected chi connectivity index (χ3v) is 7.10. The van der Waals surface area contributed by atoms with E-state index in [1.165, 1.54) is 0 Å². The van der Waals surface area contributed by atoms with Crippen molar-refractivity contribution in [1.82, 2.24) is 0 Å². The fourth-order valence-corrected chi connectivity index (χ4v) is 4.91. The van der Waals surface area contributed by atoms with E-state index in [2.05, 4.69) is 0 Å². The first-order chi connectivity index (χ1) is 23.9. The third-order valence-electron chi connectivity index (χ3n) is 7.10. The van der Waals surface area contributed by atoms with Gasteiger partial charge in [0.2, 0.25) is 0 Å². The Kier molecular flexibility index (Phi) is 9.44. The molecule has 266 valence electrons. The average molecular weight is 754 g/mol. The van der Waals surface area contributed by atoms with E-state index in [1.807, 2.05) is 0 Å². The molecule has 0 aliphatic heterocycles. The van der Waals surface area contributed by atoms with Gasteiger partial charge in [-0.25, -0.2) is 35.1 Å². The van der Waals surface area contributed by atoms with Crippen molar-refractivity contribution in [3.8, 4) is 24.3 Å². The van der Waals surface area contributed by atoms with Gasteiger partial charge in [-0.1, -0.05) is 6.07 Å². The molecule has 3 aromatic carbocycles. The largest absolute Gasteiger partial charge is 0.422 e. The zero-order valence-corrected chi connectivity index (χ0v) is 23.9. The van der Waals surface area contributed by atoms with E-state index in [0.717, 1.165) is 24.3 Å².